The number of furan rings is 1. The number of carbonyl (C=O) groups excluding carboxylic acids is 1. The molecule has 2 aromatic heterocycles. The number of nitrogens with one attached hydrogen (secondary N) is 2. The quantitative estimate of drug-likeness (QED) is 0.298. The van der Waals surface area contributed by atoms with Crippen molar-refractivity contribution in [3.63, 3.8) is 0 Å². The lowest BCUT2D eigenvalue weighted by molar-refractivity contribution is 0.0599. The summed E-state index contributed by atoms with van der Waals surface area (Å²) in [5, 5.41) is 10.5. The maximum Gasteiger partial charge on any atom is 0.341 e. The number of rotatable bonds is 6. The summed E-state index contributed by atoms with van der Waals surface area (Å²) < 4.78 is 10.3. The Kier molecular flexibility index (Phi) is 8.83. The molecule has 2 heterocycles. The largest absolute Gasteiger partial charge is 0.465 e. The van der Waals surface area contributed by atoms with Crippen LogP contribution >= 0.6 is 35.3 Å². The van der Waals surface area contributed by atoms with Gasteiger partial charge in [-0.2, -0.15) is 11.3 Å². The Labute approximate surface area is 162 Å². The lowest BCUT2D eigenvalue weighted by Gasteiger charge is -2.09. The van der Waals surface area contributed by atoms with Crippen LogP contribution in [0.4, 0.5) is 0 Å². The van der Waals surface area contributed by atoms with E-state index >= 15 is 0 Å². The average molecular weight is 463 g/mol. The molecule has 0 aromatic carbocycles. The van der Waals surface area contributed by atoms with Gasteiger partial charge in [-0.3, -0.25) is 0 Å². The van der Waals surface area contributed by atoms with E-state index in [1.54, 1.807) is 24.3 Å². The predicted octanol–water partition coefficient (Wildman–Crippen LogP) is 3.31. The van der Waals surface area contributed by atoms with E-state index in [1.165, 1.54) is 12.7 Å². The summed E-state index contributed by atoms with van der Waals surface area (Å²) in [5.41, 5.74) is 1.62. The molecule has 132 valence electrons. The zero-order valence-corrected chi connectivity index (χ0v) is 17.1. The molecule has 0 atom stereocenters. The average Bonchev–Trinajstić information content (AvgIpc) is 3.19. The number of ether oxygens (including phenoxy) is 1. The van der Waals surface area contributed by atoms with Crippen LogP contribution in [-0.4, -0.2) is 25.6 Å². The Morgan fingerprint density at radius 2 is 2.21 bits per heavy atom. The molecule has 2 N–H and O–H groups in total. The second kappa shape index (κ2) is 10.3. The molecule has 8 heteroatoms. The number of hydrogen-bond donors (Lipinski definition) is 2. The molecule has 0 amide bonds. The lowest BCUT2D eigenvalue weighted by Crippen LogP contribution is -2.36. The van der Waals surface area contributed by atoms with Gasteiger partial charge in [-0.05, 0) is 42.3 Å². The monoisotopic (exact) mass is 463 g/mol. The maximum absolute atomic E-state index is 11.6. The number of carbonyl (C=O) groups is 1. The molecule has 2 rings (SSSR count). The van der Waals surface area contributed by atoms with Crippen LogP contribution < -0.4 is 10.6 Å². The molecule has 0 aliphatic heterocycles. The number of aryl methyl sites for hydroxylation is 1. The van der Waals surface area contributed by atoms with Crippen molar-refractivity contribution in [3.8, 4) is 0 Å². The molecule has 0 fully saturated rings. The number of hydrogen-bond acceptors (Lipinski definition) is 5. The van der Waals surface area contributed by atoms with E-state index in [9.17, 15) is 4.79 Å². The first-order chi connectivity index (χ1) is 11.1. The van der Waals surface area contributed by atoms with E-state index in [-0.39, 0.29) is 24.0 Å². The summed E-state index contributed by atoms with van der Waals surface area (Å²) >= 11 is 1.66. The van der Waals surface area contributed by atoms with Crippen molar-refractivity contribution in [2.45, 2.75) is 26.9 Å². The number of thiophene rings is 1. The molecule has 0 aliphatic carbocycles. The van der Waals surface area contributed by atoms with Gasteiger partial charge in [-0.25, -0.2) is 9.79 Å². The van der Waals surface area contributed by atoms with Crippen LogP contribution in [0.25, 0.3) is 0 Å². The number of esters is 1. The van der Waals surface area contributed by atoms with Gasteiger partial charge in [0.15, 0.2) is 5.96 Å². The third-order valence-electron chi connectivity index (χ3n) is 3.15. The fourth-order valence-electron chi connectivity index (χ4n) is 2.01. The lowest BCUT2D eigenvalue weighted by atomic mass is 10.2. The highest BCUT2D eigenvalue weighted by Crippen LogP contribution is 2.15. The molecule has 0 aliphatic rings. The summed E-state index contributed by atoms with van der Waals surface area (Å²) in [7, 11) is 1.35. The van der Waals surface area contributed by atoms with Crippen molar-refractivity contribution in [1.82, 2.24) is 10.6 Å². The van der Waals surface area contributed by atoms with Gasteiger partial charge >= 0.3 is 5.97 Å². The molecule has 0 radical (unpaired) electrons. The minimum atomic E-state index is -0.393. The Morgan fingerprint density at radius 1 is 1.42 bits per heavy atom. The summed E-state index contributed by atoms with van der Waals surface area (Å²) in [6.45, 7) is 5.57. The maximum atomic E-state index is 11.6. The van der Waals surface area contributed by atoms with Crippen LogP contribution in [0, 0.1) is 6.92 Å². The molecule has 2 aromatic rings. The van der Waals surface area contributed by atoms with Crippen LogP contribution in [-0.2, 0) is 17.8 Å². The van der Waals surface area contributed by atoms with E-state index in [4.69, 9.17) is 9.15 Å². The summed E-state index contributed by atoms with van der Waals surface area (Å²) in [6, 6.07) is 3.74. The number of guanidine groups is 1. The molecule has 6 nitrogen and oxygen atoms in total. The van der Waals surface area contributed by atoms with Gasteiger partial charge in [-0.15, -0.1) is 24.0 Å². The Hall–Kier alpha value is -1.55. The topological polar surface area (TPSA) is 75.9 Å². The molecular formula is C16H22IN3O3S. The first-order valence-corrected chi connectivity index (χ1v) is 8.29. The van der Waals surface area contributed by atoms with Gasteiger partial charge in [0.2, 0.25) is 0 Å². The molecule has 0 bridgehead atoms. The summed E-state index contributed by atoms with van der Waals surface area (Å²) in [5.74, 6) is 1.51. The number of halogens is 1. The molecule has 24 heavy (non-hydrogen) atoms. The number of nitrogens with zero attached hydrogens (tertiary/aromatic N) is 1. The molecule has 0 spiro atoms. The van der Waals surface area contributed by atoms with Gasteiger partial charge < -0.3 is 19.8 Å². The van der Waals surface area contributed by atoms with Crippen LogP contribution in [0.2, 0.25) is 0 Å². The van der Waals surface area contributed by atoms with Gasteiger partial charge in [0.1, 0.15) is 17.1 Å². The van der Waals surface area contributed by atoms with Crippen molar-refractivity contribution in [3.05, 3.63) is 45.5 Å². The van der Waals surface area contributed by atoms with Crippen molar-refractivity contribution >= 4 is 47.2 Å². The number of aliphatic imine (C=N–C) groups is 1. The third-order valence-corrected chi connectivity index (χ3v) is 3.88. The van der Waals surface area contributed by atoms with E-state index < -0.39 is 5.97 Å². The fourth-order valence-corrected chi connectivity index (χ4v) is 2.67. The summed E-state index contributed by atoms with van der Waals surface area (Å²) in [6.07, 6.45) is 0. The highest BCUT2D eigenvalue weighted by Gasteiger charge is 2.15. The van der Waals surface area contributed by atoms with Crippen LogP contribution in [0.5, 0.6) is 0 Å². The van der Waals surface area contributed by atoms with Crippen LogP contribution in [0.15, 0.2) is 32.3 Å². The van der Waals surface area contributed by atoms with E-state index in [0.29, 0.717) is 36.1 Å². The van der Waals surface area contributed by atoms with E-state index in [2.05, 4.69) is 27.1 Å². The van der Waals surface area contributed by atoms with E-state index in [1.807, 2.05) is 12.3 Å². The minimum Gasteiger partial charge on any atom is -0.465 e. The van der Waals surface area contributed by atoms with Crippen molar-refractivity contribution < 1.29 is 13.9 Å². The summed E-state index contributed by atoms with van der Waals surface area (Å²) in [4.78, 5) is 16.1. The Bertz CT molecular complexity index is 668. The molecule has 0 saturated heterocycles. The second-order valence-electron chi connectivity index (χ2n) is 4.85. The van der Waals surface area contributed by atoms with Gasteiger partial charge in [0, 0.05) is 6.54 Å². The van der Waals surface area contributed by atoms with Crippen molar-refractivity contribution in [2.24, 2.45) is 4.99 Å². The zero-order valence-electron chi connectivity index (χ0n) is 13.9. The standard InChI is InChI=1S/C16H21N3O3S.HI/c1-4-17-16(18-8-12-5-6-23-10-12)19-9-13-7-14(11(2)22-13)15(20)21-3;/h5-7,10H,4,8-9H2,1-3H3,(H2,17,18,19);1H. The third kappa shape index (κ3) is 5.82. The molecular weight excluding hydrogens is 441 g/mol. The second-order valence-corrected chi connectivity index (χ2v) is 5.63. The fraction of sp³-hybridized carbons (Fsp3) is 0.375. The van der Waals surface area contributed by atoms with Crippen LogP contribution in [0.1, 0.15) is 34.4 Å². The number of methoxy groups -OCH3 is 1. The first kappa shape index (κ1) is 20.5. The Balaban J connectivity index is 0.00000288. The van der Waals surface area contributed by atoms with Crippen molar-refractivity contribution in [1.29, 1.82) is 0 Å². The van der Waals surface area contributed by atoms with Gasteiger partial charge in [0.25, 0.3) is 0 Å². The molecule has 0 unspecified atom stereocenters. The Morgan fingerprint density at radius 3 is 2.83 bits per heavy atom. The first-order valence-electron chi connectivity index (χ1n) is 7.35. The highest BCUT2D eigenvalue weighted by molar-refractivity contribution is 14.0. The zero-order chi connectivity index (χ0) is 16.7. The van der Waals surface area contributed by atoms with Gasteiger partial charge in [0.05, 0.1) is 20.2 Å². The van der Waals surface area contributed by atoms with E-state index in [0.717, 1.165) is 6.54 Å². The molecule has 0 saturated carbocycles. The van der Waals surface area contributed by atoms with Gasteiger partial charge in [-0.1, -0.05) is 0 Å². The highest BCUT2D eigenvalue weighted by atomic mass is 127. The minimum absolute atomic E-state index is 0. The SMILES string of the molecule is CCNC(=NCc1ccsc1)NCc1cc(C(=O)OC)c(C)o1.I. The van der Waals surface area contributed by atoms with Crippen LogP contribution in [0.3, 0.4) is 0 Å². The smallest absolute Gasteiger partial charge is 0.341 e. The normalized spacial score (nSPS) is 10.9. The predicted molar refractivity (Wildman–Crippen MR) is 106 cm³/mol. The van der Waals surface area contributed by atoms with Crippen molar-refractivity contribution in [2.75, 3.05) is 13.7 Å².